The smallest absolute Gasteiger partial charge is 0.346 e. The fraction of sp³-hybridized carbons (Fsp3) is 0.778. The second kappa shape index (κ2) is 4.21. The normalized spacial score (nSPS) is 21.1. The Hall–Kier alpha value is -0.123. The molecule has 0 N–H and O–H groups in total. The number of hydrogen-bond donors (Lipinski definition) is 0. The quantitative estimate of drug-likeness (QED) is 0.496. The van der Waals surface area contributed by atoms with E-state index in [9.17, 15) is 0 Å². The molecular weight excluding hydrogens is 168 g/mol. The van der Waals surface area contributed by atoms with Gasteiger partial charge >= 0.3 is 8.56 Å². The molecule has 3 heteroatoms. The molecule has 0 saturated carbocycles. The Morgan fingerprint density at radius 3 is 2.25 bits per heavy atom. The minimum atomic E-state index is -1.79. The lowest BCUT2D eigenvalue weighted by molar-refractivity contribution is 0.189. The molecule has 0 radical (unpaired) electrons. The molecule has 0 aromatic carbocycles. The van der Waals surface area contributed by atoms with Crippen molar-refractivity contribution in [2.75, 3.05) is 13.2 Å². The van der Waals surface area contributed by atoms with E-state index < -0.39 is 8.56 Å². The van der Waals surface area contributed by atoms with Crippen LogP contribution in [0.5, 0.6) is 0 Å². The molecule has 0 saturated heterocycles. The van der Waals surface area contributed by atoms with Crippen LogP contribution in [0.4, 0.5) is 0 Å². The summed E-state index contributed by atoms with van der Waals surface area (Å²) in [4.78, 5) is 0. The van der Waals surface area contributed by atoms with Gasteiger partial charge in [-0.15, -0.1) is 0 Å². The van der Waals surface area contributed by atoms with Gasteiger partial charge in [-0.2, -0.15) is 0 Å². The van der Waals surface area contributed by atoms with Gasteiger partial charge in [-0.3, -0.25) is 0 Å². The molecule has 0 atom stereocenters. The van der Waals surface area contributed by atoms with Crippen molar-refractivity contribution in [1.82, 2.24) is 0 Å². The van der Waals surface area contributed by atoms with Gasteiger partial charge in [-0.25, -0.2) is 0 Å². The van der Waals surface area contributed by atoms with Crippen molar-refractivity contribution in [3.63, 3.8) is 0 Å². The van der Waals surface area contributed by atoms with E-state index in [-0.39, 0.29) is 0 Å². The van der Waals surface area contributed by atoms with Gasteiger partial charge in [-0.1, -0.05) is 11.6 Å². The summed E-state index contributed by atoms with van der Waals surface area (Å²) in [5, 5.41) is 0. The molecule has 0 fully saturated rings. The molecule has 0 amide bonds. The van der Waals surface area contributed by atoms with Crippen LogP contribution in [0.2, 0.25) is 12.1 Å². The molecule has 1 aliphatic heterocycles. The van der Waals surface area contributed by atoms with Crippen LogP contribution in [0.3, 0.4) is 0 Å². The zero-order valence-electron chi connectivity index (χ0n) is 8.22. The molecule has 1 aliphatic rings. The Bertz CT molecular complexity index is 171. The second-order valence-corrected chi connectivity index (χ2v) is 6.37. The van der Waals surface area contributed by atoms with E-state index in [2.05, 4.69) is 13.0 Å². The number of rotatable bonds is 4. The van der Waals surface area contributed by atoms with Gasteiger partial charge in [0, 0.05) is 25.3 Å². The van der Waals surface area contributed by atoms with Crippen molar-refractivity contribution in [3.05, 3.63) is 11.6 Å². The van der Waals surface area contributed by atoms with Crippen LogP contribution in [-0.4, -0.2) is 21.8 Å². The van der Waals surface area contributed by atoms with Gasteiger partial charge < -0.3 is 8.85 Å². The minimum absolute atomic E-state index is 0.785. The largest absolute Gasteiger partial charge is 0.394 e. The molecule has 0 spiro atoms. The van der Waals surface area contributed by atoms with Crippen molar-refractivity contribution < 1.29 is 8.85 Å². The Kier molecular flexibility index (Phi) is 3.49. The third-order valence-corrected chi connectivity index (χ3v) is 5.68. The zero-order valence-corrected chi connectivity index (χ0v) is 9.22. The molecule has 0 aromatic rings. The predicted octanol–water partition coefficient (Wildman–Crippen LogP) is 2.46. The zero-order chi connectivity index (χ0) is 9.03. The van der Waals surface area contributed by atoms with Crippen LogP contribution in [0, 0.1) is 0 Å². The lowest BCUT2D eigenvalue weighted by atomic mass is 10.3. The average Bonchev–Trinajstić information content (AvgIpc) is 2.34. The van der Waals surface area contributed by atoms with Crippen LogP contribution in [-0.2, 0) is 8.85 Å². The lowest BCUT2D eigenvalue weighted by Gasteiger charge is -2.25. The number of hydrogen-bond acceptors (Lipinski definition) is 2. The topological polar surface area (TPSA) is 18.5 Å². The van der Waals surface area contributed by atoms with Gasteiger partial charge in [0.05, 0.1) is 0 Å². The van der Waals surface area contributed by atoms with Crippen molar-refractivity contribution in [1.29, 1.82) is 0 Å². The summed E-state index contributed by atoms with van der Waals surface area (Å²) in [6, 6.07) is 2.11. The Labute approximate surface area is 75.8 Å². The fourth-order valence-electron chi connectivity index (χ4n) is 1.69. The van der Waals surface area contributed by atoms with Crippen molar-refractivity contribution in [3.8, 4) is 0 Å². The highest BCUT2D eigenvalue weighted by Crippen LogP contribution is 2.31. The van der Waals surface area contributed by atoms with Crippen molar-refractivity contribution in [2.24, 2.45) is 0 Å². The molecule has 1 heterocycles. The van der Waals surface area contributed by atoms with E-state index in [0.29, 0.717) is 0 Å². The summed E-state index contributed by atoms with van der Waals surface area (Å²) >= 11 is 0. The molecule has 70 valence electrons. The van der Waals surface area contributed by atoms with E-state index in [0.717, 1.165) is 25.3 Å². The van der Waals surface area contributed by atoms with E-state index in [1.807, 2.05) is 13.8 Å². The average molecular weight is 186 g/mol. The molecule has 0 bridgehead atoms. The SMILES string of the molecule is CCO[Si]1(OCC)CC=C(C)C1. The second-order valence-electron chi connectivity index (χ2n) is 3.21. The lowest BCUT2D eigenvalue weighted by Crippen LogP contribution is -2.39. The van der Waals surface area contributed by atoms with Crippen molar-refractivity contribution >= 4 is 8.56 Å². The molecular formula is C9H18O2Si. The van der Waals surface area contributed by atoms with Crippen LogP contribution < -0.4 is 0 Å². The summed E-state index contributed by atoms with van der Waals surface area (Å²) in [5.41, 5.74) is 1.43. The van der Waals surface area contributed by atoms with E-state index in [4.69, 9.17) is 8.85 Å². The maximum Gasteiger partial charge on any atom is 0.346 e. The first-order chi connectivity index (χ1) is 5.72. The Balaban J connectivity index is 2.51. The summed E-state index contributed by atoms with van der Waals surface area (Å²) < 4.78 is 11.5. The van der Waals surface area contributed by atoms with Gasteiger partial charge in [0.2, 0.25) is 0 Å². The maximum atomic E-state index is 5.77. The van der Waals surface area contributed by atoms with Crippen LogP contribution in [0.25, 0.3) is 0 Å². The molecule has 12 heavy (non-hydrogen) atoms. The van der Waals surface area contributed by atoms with Crippen LogP contribution in [0.1, 0.15) is 20.8 Å². The fourth-order valence-corrected chi connectivity index (χ4v) is 5.06. The van der Waals surface area contributed by atoms with Gasteiger partial charge in [0.15, 0.2) is 0 Å². The first kappa shape index (κ1) is 9.96. The highest BCUT2D eigenvalue weighted by Gasteiger charge is 2.39. The summed E-state index contributed by atoms with van der Waals surface area (Å²) in [6.07, 6.45) is 2.26. The van der Waals surface area contributed by atoms with Gasteiger partial charge in [-0.05, 0) is 20.8 Å². The van der Waals surface area contributed by atoms with Crippen molar-refractivity contribution in [2.45, 2.75) is 32.9 Å². The number of allylic oxidation sites excluding steroid dienone is 2. The molecule has 0 aromatic heterocycles. The molecule has 2 nitrogen and oxygen atoms in total. The first-order valence-electron chi connectivity index (χ1n) is 4.66. The standard InChI is InChI=1S/C9H18O2Si/c1-4-10-12(11-5-2)7-6-9(3)8-12/h6H,4-5,7-8H2,1-3H3. The first-order valence-corrected chi connectivity index (χ1v) is 6.89. The Morgan fingerprint density at radius 1 is 1.33 bits per heavy atom. The highest BCUT2D eigenvalue weighted by atomic mass is 28.4. The molecule has 1 rings (SSSR count). The predicted molar refractivity (Wildman–Crippen MR) is 52.4 cm³/mol. The third kappa shape index (κ3) is 2.18. The van der Waals surface area contributed by atoms with E-state index in [1.165, 1.54) is 5.57 Å². The van der Waals surface area contributed by atoms with Gasteiger partial charge in [0.25, 0.3) is 0 Å². The minimum Gasteiger partial charge on any atom is -0.394 e. The summed E-state index contributed by atoms with van der Waals surface area (Å²) in [7, 11) is -1.79. The summed E-state index contributed by atoms with van der Waals surface area (Å²) in [5.74, 6) is 0. The van der Waals surface area contributed by atoms with Crippen LogP contribution >= 0.6 is 0 Å². The van der Waals surface area contributed by atoms with E-state index in [1.54, 1.807) is 0 Å². The third-order valence-electron chi connectivity index (χ3n) is 2.12. The van der Waals surface area contributed by atoms with Gasteiger partial charge in [0.1, 0.15) is 0 Å². The van der Waals surface area contributed by atoms with E-state index >= 15 is 0 Å². The highest BCUT2D eigenvalue weighted by molar-refractivity contribution is 6.69. The molecule has 0 aliphatic carbocycles. The summed E-state index contributed by atoms with van der Waals surface area (Å²) in [6.45, 7) is 7.82. The maximum absolute atomic E-state index is 5.77. The Morgan fingerprint density at radius 2 is 1.92 bits per heavy atom. The monoisotopic (exact) mass is 186 g/mol. The molecule has 0 unspecified atom stereocenters. The van der Waals surface area contributed by atoms with Crippen LogP contribution in [0.15, 0.2) is 11.6 Å².